The van der Waals surface area contributed by atoms with Crippen molar-refractivity contribution < 1.29 is 9.53 Å². The fourth-order valence-corrected chi connectivity index (χ4v) is 3.91. The molecule has 1 aromatic carbocycles. The van der Waals surface area contributed by atoms with Crippen molar-refractivity contribution in [2.45, 2.75) is 45.3 Å². The zero-order chi connectivity index (χ0) is 16.1. The first-order valence-corrected chi connectivity index (χ1v) is 8.20. The van der Waals surface area contributed by atoms with Gasteiger partial charge in [0.15, 0.2) is 0 Å². The zero-order valence-corrected chi connectivity index (χ0v) is 15.3. The number of hydrogen-bond donors (Lipinski definition) is 1. The highest BCUT2D eigenvalue weighted by atomic mass is 35.5. The highest BCUT2D eigenvalue weighted by Crippen LogP contribution is 2.51. The van der Waals surface area contributed by atoms with E-state index in [1.807, 2.05) is 39.0 Å². The van der Waals surface area contributed by atoms with Crippen LogP contribution in [0.2, 0.25) is 5.02 Å². The summed E-state index contributed by atoms with van der Waals surface area (Å²) in [4.78, 5) is 14.9. The van der Waals surface area contributed by atoms with Gasteiger partial charge in [-0.2, -0.15) is 0 Å². The first kappa shape index (κ1) is 18.5. The van der Waals surface area contributed by atoms with Gasteiger partial charge in [0.1, 0.15) is 5.54 Å². The normalized spacial score (nSPS) is 27.9. The fraction of sp³-hybridized carbons (Fsp3) is 0.588. The van der Waals surface area contributed by atoms with Gasteiger partial charge in [-0.25, -0.2) is 0 Å². The average molecular weight is 359 g/mol. The number of fused-ring (bicyclic) bond motifs is 1. The Kier molecular flexibility index (Phi) is 5.03. The molecule has 23 heavy (non-hydrogen) atoms. The lowest BCUT2D eigenvalue weighted by molar-refractivity contribution is -0.168. The van der Waals surface area contributed by atoms with Gasteiger partial charge < -0.3 is 15.4 Å². The van der Waals surface area contributed by atoms with Crippen LogP contribution in [0.1, 0.15) is 32.8 Å². The minimum Gasteiger partial charge on any atom is -0.378 e. The zero-order valence-electron chi connectivity index (χ0n) is 13.8. The molecular weight excluding hydrogens is 335 g/mol. The molecule has 0 spiro atoms. The first-order valence-electron chi connectivity index (χ1n) is 7.82. The van der Waals surface area contributed by atoms with Crippen LogP contribution in [-0.4, -0.2) is 30.7 Å². The van der Waals surface area contributed by atoms with E-state index in [0.29, 0.717) is 19.6 Å². The molecule has 0 radical (unpaired) electrons. The topological polar surface area (TPSA) is 55.6 Å². The predicted octanol–water partition coefficient (Wildman–Crippen LogP) is 3.18. The van der Waals surface area contributed by atoms with E-state index in [9.17, 15) is 4.79 Å². The number of nitrogens with zero attached hydrogens (tertiary/aromatic N) is 1. The van der Waals surface area contributed by atoms with Crippen LogP contribution in [0, 0.1) is 5.41 Å². The number of carbonyl (C=O) groups excluding carboxylic acids is 1. The van der Waals surface area contributed by atoms with E-state index in [4.69, 9.17) is 22.1 Å². The Morgan fingerprint density at radius 1 is 1.48 bits per heavy atom. The molecule has 2 N–H and O–H groups in total. The molecule has 1 aromatic rings. The molecule has 4 nitrogen and oxygen atoms in total. The SMILES string of the molecule is CCOC1CC(N)(C(=O)N2CCc3c(Cl)cccc32)C1(C)C.Cl. The Hall–Kier alpha value is -0.810. The largest absolute Gasteiger partial charge is 0.378 e. The van der Waals surface area contributed by atoms with E-state index >= 15 is 0 Å². The van der Waals surface area contributed by atoms with E-state index in [1.54, 1.807) is 4.90 Å². The third-order valence-corrected chi connectivity index (χ3v) is 5.78. The van der Waals surface area contributed by atoms with Crippen molar-refractivity contribution in [2.24, 2.45) is 11.1 Å². The molecule has 6 heteroatoms. The molecule has 2 atom stereocenters. The summed E-state index contributed by atoms with van der Waals surface area (Å²) in [7, 11) is 0. The number of halogens is 2. The van der Waals surface area contributed by atoms with Gasteiger partial charge in [-0.1, -0.05) is 31.5 Å². The van der Waals surface area contributed by atoms with Crippen molar-refractivity contribution in [3.63, 3.8) is 0 Å². The number of hydrogen-bond acceptors (Lipinski definition) is 3. The molecule has 1 amide bonds. The molecule has 1 saturated carbocycles. The van der Waals surface area contributed by atoms with Crippen LogP contribution in [0.3, 0.4) is 0 Å². The summed E-state index contributed by atoms with van der Waals surface area (Å²) in [5, 5.41) is 0.721. The van der Waals surface area contributed by atoms with Crippen LogP contribution in [0.15, 0.2) is 18.2 Å². The van der Waals surface area contributed by atoms with Crippen molar-refractivity contribution in [1.82, 2.24) is 0 Å². The minimum atomic E-state index is -0.878. The quantitative estimate of drug-likeness (QED) is 0.902. The molecule has 2 aliphatic rings. The van der Waals surface area contributed by atoms with E-state index in [2.05, 4.69) is 0 Å². The lowest BCUT2D eigenvalue weighted by Crippen LogP contribution is -2.76. The molecule has 1 heterocycles. The van der Waals surface area contributed by atoms with E-state index < -0.39 is 5.54 Å². The van der Waals surface area contributed by atoms with Gasteiger partial charge in [0, 0.05) is 35.7 Å². The highest BCUT2D eigenvalue weighted by Gasteiger charge is 2.64. The molecule has 0 saturated heterocycles. The van der Waals surface area contributed by atoms with Crippen LogP contribution in [-0.2, 0) is 16.0 Å². The van der Waals surface area contributed by atoms with Gasteiger partial charge in [-0.05, 0) is 31.0 Å². The van der Waals surface area contributed by atoms with Crippen molar-refractivity contribution in [2.75, 3.05) is 18.1 Å². The van der Waals surface area contributed by atoms with Crippen LogP contribution in [0.5, 0.6) is 0 Å². The number of nitrogens with two attached hydrogens (primary N) is 1. The van der Waals surface area contributed by atoms with Crippen molar-refractivity contribution in [3.05, 3.63) is 28.8 Å². The predicted molar refractivity (Wildman–Crippen MR) is 95.5 cm³/mol. The van der Waals surface area contributed by atoms with E-state index in [-0.39, 0.29) is 29.8 Å². The number of ether oxygens (including phenoxy) is 1. The monoisotopic (exact) mass is 358 g/mol. The Labute approximate surface area is 148 Å². The lowest BCUT2D eigenvalue weighted by atomic mass is 9.54. The third kappa shape index (κ3) is 2.56. The second-order valence-corrected chi connectivity index (χ2v) is 7.19. The van der Waals surface area contributed by atoms with Crippen molar-refractivity contribution in [1.29, 1.82) is 0 Å². The molecule has 1 aliphatic carbocycles. The van der Waals surface area contributed by atoms with Gasteiger partial charge in [-0.15, -0.1) is 12.4 Å². The molecule has 1 aliphatic heterocycles. The number of benzene rings is 1. The van der Waals surface area contributed by atoms with Crippen LogP contribution in [0.25, 0.3) is 0 Å². The molecule has 2 unspecified atom stereocenters. The second kappa shape index (κ2) is 6.25. The standard InChI is InChI=1S/C17H23ClN2O2.ClH/c1-4-22-14-10-17(19,16(14,2)3)15(21)20-9-8-11-12(18)6-5-7-13(11)20;/h5-7,14H,4,8-10,19H2,1-3H3;1H. The Balaban J connectivity index is 0.00000192. The molecule has 1 fully saturated rings. The van der Waals surface area contributed by atoms with Gasteiger partial charge in [-0.3, -0.25) is 4.79 Å². The number of carbonyl (C=O) groups is 1. The number of anilines is 1. The Bertz CT molecular complexity index is 621. The summed E-state index contributed by atoms with van der Waals surface area (Å²) in [6.45, 7) is 7.28. The maximum absolute atomic E-state index is 13.1. The second-order valence-electron chi connectivity index (χ2n) is 6.79. The summed E-state index contributed by atoms with van der Waals surface area (Å²) in [5.41, 5.74) is 7.21. The Morgan fingerprint density at radius 3 is 2.78 bits per heavy atom. The minimum absolute atomic E-state index is 0. The molecule has 128 valence electrons. The lowest BCUT2D eigenvalue weighted by Gasteiger charge is -2.58. The summed E-state index contributed by atoms with van der Waals surface area (Å²) in [5.74, 6) is -0.0190. The van der Waals surface area contributed by atoms with Gasteiger partial charge in [0.25, 0.3) is 0 Å². The summed E-state index contributed by atoms with van der Waals surface area (Å²) in [6, 6.07) is 5.69. The van der Waals surface area contributed by atoms with Gasteiger partial charge in [0.2, 0.25) is 5.91 Å². The highest BCUT2D eigenvalue weighted by molar-refractivity contribution is 6.32. The fourth-order valence-electron chi connectivity index (χ4n) is 3.64. The third-order valence-electron chi connectivity index (χ3n) is 5.43. The van der Waals surface area contributed by atoms with Crippen molar-refractivity contribution in [3.8, 4) is 0 Å². The van der Waals surface area contributed by atoms with Crippen LogP contribution >= 0.6 is 24.0 Å². The van der Waals surface area contributed by atoms with Gasteiger partial charge >= 0.3 is 0 Å². The summed E-state index contributed by atoms with van der Waals surface area (Å²) in [6.07, 6.45) is 1.39. The Morgan fingerprint density at radius 2 is 2.17 bits per heavy atom. The average Bonchev–Trinajstić information content (AvgIpc) is 2.91. The van der Waals surface area contributed by atoms with Crippen molar-refractivity contribution >= 4 is 35.6 Å². The maximum atomic E-state index is 13.1. The smallest absolute Gasteiger partial charge is 0.247 e. The molecule has 3 rings (SSSR count). The molecular formula is C17H24Cl2N2O2. The van der Waals surface area contributed by atoms with Gasteiger partial charge in [0.05, 0.1) is 6.10 Å². The van der Waals surface area contributed by atoms with Crippen LogP contribution < -0.4 is 10.6 Å². The number of amides is 1. The van der Waals surface area contributed by atoms with E-state index in [1.165, 1.54) is 0 Å². The van der Waals surface area contributed by atoms with Crippen LogP contribution in [0.4, 0.5) is 5.69 Å². The maximum Gasteiger partial charge on any atom is 0.247 e. The first-order chi connectivity index (χ1) is 10.3. The summed E-state index contributed by atoms with van der Waals surface area (Å²) < 4.78 is 5.72. The van der Waals surface area contributed by atoms with E-state index in [0.717, 1.165) is 22.7 Å². The molecule has 0 aromatic heterocycles. The summed E-state index contributed by atoms with van der Waals surface area (Å²) >= 11 is 6.23. The molecule has 0 bridgehead atoms. The number of rotatable bonds is 3.